The molecule has 0 aromatic carbocycles. The molecular weight excluding hydrogens is 803 g/mol. The van der Waals surface area contributed by atoms with Gasteiger partial charge in [0.2, 0.25) is 5.91 Å². The van der Waals surface area contributed by atoms with Crippen LogP contribution in [0, 0.1) is 0 Å². The molecule has 2 unspecified atom stereocenters. The molecule has 0 saturated carbocycles. The molecular formula is C59H113NO5. The second-order valence-corrected chi connectivity index (χ2v) is 20.0. The number of unbranched alkanes of at least 4 members (excludes halogenated alkanes) is 39. The van der Waals surface area contributed by atoms with Gasteiger partial charge >= 0.3 is 5.97 Å². The zero-order valence-corrected chi connectivity index (χ0v) is 43.7. The Morgan fingerprint density at radius 2 is 0.723 bits per heavy atom. The van der Waals surface area contributed by atoms with E-state index in [0.717, 1.165) is 44.9 Å². The van der Waals surface area contributed by atoms with Gasteiger partial charge in [0, 0.05) is 12.8 Å². The lowest BCUT2D eigenvalue weighted by atomic mass is 10.0. The number of hydrogen-bond acceptors (Lipinski definition) is 5. The van der Waals surface area contributed by atoms with Crippen molar-refractivity contribution in [1.82, 2.24) is 5.32 Å². The Morgan fingerprint density at radius 3 is 1.09 bits per heavy atom. The molecule has 0 aliphatic heterocycles. The maximum Gasteiger partial charge on any atom is 0.305 e. The van der Waals surface area contributed by atoms with Gasteiger partial charge in [-0.3, -0.25) is 9.59 Å². The average molecular weight is 917 g/mol. The van der Waals surface area contributed by atoms with E-state index in [1.807, 2.05) is 0 Å². The molecule has 0 aromatic rings. The lowest BCUT2D eigenvalue weighted by molar-refractivity contribution is -0.143. The van der Waals surface area contributed by atoms with Gasteiger partial charge in [-0.1, -0.05) is 250 Å². The summed E-state index contributed by atoms with van der Waals surface area (Å²) >= 11 is 0. The van der Waals surface area contributed by atoms with Crippen LogP contribution in [0.3, 0.4) is 0 Å². The third-order valence-corrected chi connectivity index (χ3v) is 13.5. The number of rotatable bonds is 54. The number of nitrogens with one attached hydrogen (secondary N) is 1. The molecule has 3 N–H and O–H groups in total. The molecule has 0 bridgehead atoms. The zero-order valence-electron chi connectivity index (χ0n) is 43.7. The summed E-state index contributed by atoms with van der Waals surface area (Å²) in [6.45, 7) is 4.93. The van der Waals surface area contributed by atoms with Gasteiger partial charge in [0.05, 0.1) is 25.4 Å². The van der Waals surface area contributed by atoms with Crippen molar-refractivity contribution in [3.05, 3.63) is 24.3 Å². The highest BCUT2D eigenvalue weighted by atomic mass is 16.5. The minimum absolute atomic E-state index is 0.00406. The molecule has 1 amide bonds. The van der Waals surface area contributed by atoms with Gasteiger partial charge in [-0.2, -0.15) is 0 Å². The van der Waals surface area contributed by atoms with Crippen LogP contribution in [0.2, 0.25) is 0 Å². The van der Waals surface area contributed by atoms with E-state index in [0.29, 0.717) is 25.9 Å². The first-order chi connectivity index (χ1) is 32.0. The Morgan fingerprint density at radius 1 is 0.415 bits per heavy atom. The summed E-state index contributed by atoms with van der Waals surface area (Å²) in [4.78, 5) is 24.5. The summed E-state index contributed by atoms with van der Waals surface area (Å²) in [5, 5.41) is 23.1. The second kappa shape index (κ2) is 54.9. The van der Waals surface area contributed by atoms with Crippen molar-refractivity contribution in [1.29, 1.82) is 0 Å². The standard InChI is InChI=1S/C59H113NO5/c1-3-5-7-9-11-13-14-15-16-27-30-33-37-41-45-49-53-59(64)65-54-50-46-42-38-34-31-28-25-23-21-19-17-18-20-22-24-26-29-32-36-40-44-48-52-58(63)60-56(55-61)57(62)51-47-43-39-35-12-10-8-6-4-2/h16,20,22,27,56-57,61-62H,3-15,17-19,21,23-26,28-55H2,1-2H3,(H,60,63)/b22-20-,27-16-. The summed E-state index contributed by atoms with van der Waals surface area (Å²) in [7, 11) is 0. The summed E-state index contributed by atoms with van der Waals surface area (Å²) in [6, 6.07) is -0.543. The van der Waals surface area contributed by atoms with Crippen molar-refractivity contribution in [2.75, 3.05) is 13.2 Å². The van der Waals surface area contributed by atoms with E-state index in [1.165, 1.54) is 238 Å². The van der Waals surface area contributed by atoms with Gasteiger partial charge < -0.3 is 20.3 Å². The van der Waals surface area contributed by atoms with Crippen LogP contribution in [0.4, 0.5) is 0 Å². The smallest absolute Gasteiger partial charge is 0.305 e. The fourth-order valence-electron chi connectivity index (χ4n) is 8.98. The van der Waals surface area contributed by atoms with Gasteiger partial charge in [-0.25, -0.2) is 0 Å². The third kappa shape index (κ3) is 51.6. The SMILES string of the molecule is CCCCCCCCC/C=C\CCCCCCCC(=O)OCCCCCCCCCCCCCC/C=C\CCCCCCCCCC(=O)NC(CO)C(O)CCCCCCCCCCC. The number of ether oxygens (including phenoxy) is 1. The molecule has 0 heterocycles. The topological polar surface area (TPSA) is 95.9 Å². The van der Waals surface area contributed by atoms with E-state index in [1.54, 1.807) is 0 Å². The Kier molecular flexibility index (Phi) is 53.5. The third-order valence-electron chi connectivity index (χ3n) is 13.5. The number of allylic oxidation sites excluding steroid dienone is 4. The number of hydrogen-bond donors (Lipinski definition) is 3. The number of carbonyl (C=O) groups excluding carboxylic acids is 2. The van der Waals surface area contributed by atoms with Crippen LogP contribution in [-0.4, -0.2) is 47.4 Å². The quantitative estimate of drug-likeness (QED) is 0.0321. The van der Waals surface area contributed by atoms with Crippen LogP contribution in [0.25, 0.3) is 0 Å². The Hall–Kier alpha value is -1.66. The normalized spacial score (nSPS) is 12.7. The van der Waals surface area contributed by atoms with Crippen molar-refractivity contribution >= 4 is 11.9 Å². The lowest BCUT2D eigenvalue weighted by Crippen LogP contribution is -2.45. The average Bonchev–Trinajstić information content (AvgIpc) is 3.31. The number of aliphatic hydroxyl groups is 2. The lowest BCUT2D eigenvalue weighted by Gasteiger charge is -2.22. The molecule has 0 aromatic heterocycles. The van der Waals surface area contributed by atoms with Crippen LogP contribution in [0.15, 0.2) is 24.3 Å². The van der Waals surface area contributed by atoms with Gasteiger partial charge in [0.25, 0.3) is 0 Å². The monoisotopic (exact) mass is 916 g/mol. The minimum Gasteiger partial charge on any atom is -0.466 e. The van der Waals surface area contributed by atoms with Crippen molar-refractivity contribution in [3.8, 4) is 0 Å². The van der Waals surface area contributed by atoms with Gasteiger partial charge in [0.15, 0.2) is 0 Å². The molecule has 6 nitrogen and oxygen atoms in total. The van der Waals surface area contributed by atoms with Crippen LogP contribution in [0.1, 0.15) is 316 Å². The van der Waals surface area contributed by atoms with Crippen LogP contribution in [0.5, 0.6) is 0 Å². The molecule has 0 aliphatic carbocycles. The van der Waals surface area contributed by atoms with E-state index in [9.17, 15) is 19.8 Å². The first-order valence-electron chi connectivity index (χ1n) is 29.1. The predicted molar refractivity (Wildman–Crippen MR) is 283 cm³/mol. The van der Waals surface area contributed by atoms with Crippen molar-refractivity contribution < 1.29 is 24.5 Å². The van der Waals surface area contributed by atoms with Crippen LogP contribution >= 0.6 is 0 Å². The Balaban J connectivity index is 3.38. The molecule has 0 radical (unpaired) electrons. The highest BCUT2D eigenvalue weighted by Crippen LogP contribution is 2.16. The van der Waals surface area contributed by atoms with Gasteiger partial charge in [-0.05, 0) is 77.0 Å². The van der Waals surface area contributed by atoms with Crippen molar-refractivity contribution in [3.63, 3.8) is 0 Å². The molecule has 2 atom stereocenters. The van der Waals surface area contributed by atoms with E-state index in [2.05, 4.69) is 43.5 Å². The summed E-state index contributed by atoms with van der Waals surface area (Å²) < 4.78 is 5.48. The Bertz CT molecular complexity index is 1010. The molecule has 0 rings (SSSR count). The molecule has 384 valence electrons. The summed E-state index contributed by atoms with van der Waals surface area (Å²) in [6.07, 6.45) is 66.1. The largest absolute Gasteiger partial charge is 0.466 e. The van der Waals surface area contributed by atoms with Crippen molar-refractivity contribution in [2.45, 2.75) is 328 Å². The highest BCUT2D eigenvalue weighted by molar-refractivity contribution is 5.76. The van der Waals surface area contributed by atoms with E-state index in [-0.39, 0.29) is 18.5 Å². The first kappa shape index (κ1) is 63.3. The number of esters is 1. The number of aliphatic hydroxyl groups excluding tert-OH is 2. The van der Waals surface area contributed by atoms with Crippen LogP contribution in [-0.2, 0) is 14.3 Å². The summed E-state index contributed by atoms with van der Waals surface area (Å²) in [5.41, 5.74) is 0. The molecule has 6 heteroatoms. The zero-order chi connectivity index (χ0) is 47.2. The maximum absolute atomic E-state index is 12.4. The van der Waals surface area contributed by atoms with Crippen LogP contribution < -0.4 is 5.32 Å². The maximum atomic E-state index is 12.4. The van der Waals surface area contributed by atoms with E-state index < -0.39 is 12.1 Å². The fourth-order valence-corrected chi connectivity index (χ4v) is 8.98. The summed E-state index contributed by atoms with van der Waals surface area (Å²) in [5.74, 6) is -0.0394. The van der Waals surface area contributed by atoms with E-state index in [4.69, 9.17) is 4.74 Å². The van der Waals surface area contributed by atoms with Gasteiger partial charge in [0.1, 0.15) is 0 Å². The molecule has 65 heavy (non-hydrogen) atoms. The number of carbonyl (C=O) groups is 2. The van der Waals surface area contributed by atoms with Crippen molar-refractivity contribution in [2.24, 2.45) is 0 Å². The minimum atomic E-state index is -0.665. The number of amides is 1. The molecule has 0 fully saturated rings. The second-order valence-electron chi connectivity index (χ2n) is 20.0. The first-order valence-corrected chi connectivity index (χ1v) is 29.1. The Labute approximate surface area is 405 Å². The van der Waals surface area contributed by atoms with E-state index >= 15 is 0 Å². The molecule has 0 aliphatic rings. The van der Waals surface area contributed by atoms with Gasteiger partial charge in [-0.15, -0.1) is 0 Å². The highest BCUT2D eigenvalue weighted by Gasteiger charge is 2.20. The molecule has 0 saturated heterocycles. The molecule has 0 spiro atoms. The fraction of sp³-hybridized carbons (Fsp3) is 0.898. The predicted octanol–water partition coefficient (Wildman–Crippen LogP) is 17.9.